The van der Waals surface area contributed by atoms with Crippen molar-refractivity contribution in [1.82, 2.24) is 5.32 Å². The maximum Gasteiger partial charge on any atom is 0.252 e. The minimum atomic E-state index is -0.212. The molecule has 2 aromatic carbocycles. The summed E-state index contributed by atoms with van der Waals surface area (Å²) in [5.41, 5.74) is 1.63. The highest BCUT2D eigenvalue weighted by Crippen LogP contribution is 2.21. The lowest BCUT2D eigenvalue weighted by molar-refractivity contribution is 0.0930. The molecule has 1 aliphatic rings. The van der Waals surface area contributed by atoms with Gasteiger partial charge in [0.2, 0.25) is 0 Å². The van der Waals surface area contributed by atoms with E-state index in [0.29, 0.717) is 0 Å². The third kappa shape index (κ3) is 4.02. The number of benzene rings is 2. The summed E-state index contributed by atoms with van der Waals surface area (Å²) in [7, 11) is 0. The third-order valence-corrected chi connectivity index (χ3v) is 5.06. The summed E-state index contributed by atoms with van der Waals surface area (Å²) in [5, 5.41) is 3.11. The molecule has 1 aliphatic heterocycles. The number of hydrogen-bond donors (Lipinski definition) is 1. The normalized spacial score (nSPS) is 15.5. The molecule has 0 saturated carbocycles. The van der Waals surface area contributed by atoms with Crippen molar-refractivity contribution in [2.24, 2.45) is 0 Å². The molecule has 0 bridgehead atoms. The summed E-state index contributed by atoms with van der Waals surface area (Å²) in [5.74, 6) is -0.226. The van der Waals surface area contributed by atoms with Gasteiger partial charge in [-0.3, -0.25) is 4.79 Å². The summed E-state index contributed by atoms with van der Waals surface area (Å²) in [6.07, 6.45) is 1.73. The summed E-state index contributed by atoms with van der Waals surface area (Å²) >= 11 is 2.18. The molecule has 0 aliphatic carbocycles. The Bertz CT molecular complexity index is 699. The van der Waals surface area contributed by atoms with Gasteiger partial charge in [0.25, 0.3) is 5.91 Å². The average Bonchev–Trinajstić information content (AvgIpc) is 2.56. The minimum absolute atomic E-state index is 0.0146. The number of carbonyl (C=O) groups excluding carboxylic acids is 1. The van der Waals surface area contributed by atoms with Gasteiger partial charge in [0.15, 0.2) is 0 Å². The van der Waals surface area contributed by atoms with Crippen molar-refractivity contribution >= 4 is 34.2 Å². The van der Waals surface area contributed by atoms with Crippen LogP contribution in [0, 0.1) is 9.39 Å². The minimum Gasteiger partial charge on any atom is -0.371 e. The fourth-order valence-corrected chi connectivity index (χ4v) is 3.50. The van der Waals surface area contributed by atoms with Crippen LogP contribution in [0.5, 0.6) is 0 Å². The number of carbonyl (C=O) groups is 1. The molecule has 3 nitrogen and oxygen atoms in total. The maximum absolute atomic E-state index is 13.3. The lowest BCUT2D eigenvalue weighted by Crippen LogP contribution is -2.44. The molecule has 1 amide bonds. The molecule has 0 radical (unpaired) electrons. The molecule has 120 valence electrons. The van der Waals surface area contributed by atoms with Gasteiger partial charge in [-0.1, -0.05) is 18.2 Å². The largest absolute Gasteiger partial charge is 0.371 e. The van der Waals surface area contributed by atoms with Crippen LogP contribution in [-0.4, -0.2) is 25.0 Å². The molecule has 3 rings (SSSR count). The van der Waals surface area contributed by atoms with Crippen LogP contribution in [0.4, 0.5) is 10.1 Å². The van der Waals surface area contributed by atoms with Crippen molar-refractivity contribution in [3.05, 3.63) is 63.5 Å². The van der Waals surface area contributed by atoms with Gasteiger partial charge >= 0.3 is 0 Å². The molecule has 0 atom stereocenters. The summed E-state index contributed by atoms with van der Waals surface area (Å²) in [6.45, 7) is 1.64. The van der Waals surface area contributed by atoms with E-state index in [1.54, 1.807) is 12.1 Å². The van der Waals surface area contributed by atoms with E-state index in [1.165, 1.54) is 6.07 Å². The first-order valence-electron chi connectivity index (χ1n) is 7.69. The van der Waals surface area contributed by atoms with Gasteiger partial charge in [-0.25, -0.2) is 4.39 Å². The smallest absolute Gasteiger partial charge is 0.252 e. The Kier molecular flexibility index (Phi) is 5.15. The van der Waals surface area contributed by atoms with E-state index >= 15 is 0 Å². The number of nitrogens with zero attached hydrogens (tertiary/aromatic N) is 1. The first kappa shape index (κ1) is 16.2. The lowest BCUT2D eigenvalue weighted by Gasteiger charge is -2.34. The number of nitrogens with one attached hydrogen (secondary N) is 1. The zero-order chi connectivity index (χ0) is 16.2. The number of halogens is 2. The van der Waals surface area contributed by atoms with E-state index in [4.69, 9.17) is 0 Å². The first-order chi connectivity index (χ1) is 11.1. The van der Waals surface area contributed by atoms with Crippen LogP contribution < -0.4 is 10.2 Å². The highest BCUT2D eigenvalue weighted by molar-refractivity contribution is 14.1. The second-order valence-electron chi connectivity index (χ2n) is 5.69. The zero-order valence-corrected chi connectivity index (χ0v) is 14.8. The molecule has 1 saturated heterocycles. The number of rotatable bonds is 3. The van der Waals surface area contributed by atoms with Crippen molar-refractivity contribution in [2.75, 3.05) is 18.0 Å². The predicted molar refractivity (Wildman–Crippen MR) is 98.3 cm³/mol. The molecule has 1 heterocycles. The average molecular weight is 424 g/mol. The van der Waals surface area contributed by atoms with Crippen molar-refractivity contribution in [3.8, 4) is 0 Å². The summed E-state index contributed by atoms with van der Waals surface area (Å²) < 4.78 is 14.3. The molecule has 0 aromatic heterocycles. The van der Waals surface area contributed by atoms with Gasteiger partial charge in [0, 0.05) is 28.4 Å². The molecule has 0 unspecified atom stereocenters. The maximum atomic E-state index is 13.3. The standard InChI is InChI=1S/C18H18FIN2O/c19-13-4-3-5-15(12-13)22-10-8-14(9-11-22)21-18(23)16-6-1-2-7-17(16)20/h1-7,12,14H,8-11H2,(H,21,23). The molecular formula is C18H18FIN2O. The lowest BCUT2D eigenvalue weighted by atomic mass is 10.0. The van der Waals surface area contributed by atoms with Gasteiger partial charge in [-0.15, -0.1) is 0 Å². The Morgan fingerprint density at radius 2 is 1.87 bits per heavy atom. The van der Waals surface area contributed by atoms with Gasteiger partial charge < -0.3 is 10.2 Å². The monoisotopic (exact) mass is 424 g/mol. The topological polar surface area (TPSA) is 32.3 Å². The van der Waals surface area contributed by atoms with Crippen LogP contribution >= 0.6 is 22.6 Å². The zero-order valence-electron chi connectivity index (χ0n) is 12.6. The van der Waals surface area contributed by atoms with Crippen LogP contribution in [0.1, 0.15) is 23.2 Å². The van der Waals surface area contributed by atoms with Crippen molar-refractivity contribution in [3.63, 3.8) is 0 Å². The van der Waals surface area contributed by atoms with Gasteiger partial charge in [-0.2, -0.15) is 0 Å². The quantitative estimate of drug-likeness (QED) is 0.760. The predicted octanol–water partition coefficient (Wildman–Crippen LogP) is 3.83. The molecule has 23 heavy (non-hydrogen) atoms. The highest BCUT2D eigenvalue weighted by Gasteiger charge is 2.22. The first-order valence-corrected chi connectivity index (χ1v) is 8.77. The van der Waals surface area contributed by atoms with E-state index in [9.17, 15) is 9.18 Å². The van der Waals surface area contributed by atoms with E-state index in [2.05, 4.69) is 32.8 Å². The van der Waals surface area contributed by atoms with Crippen LogP contribution in [0.15, 0.2) is 48.5 Å². The molecule has 1 fully saturated rings. The van der Waals surface area contributed by atoms with E-state index in [0.717, 1.165) is 40.8 Å². The number of amides is 1. The molecule has 2 aromatic rings. The van der Waals surface area contributed by atoms with Crippen LogP contribution in [0.3, 0.4) is 0 Å². The fourth-order valence-electron chi connectivity index (χ4n) is 2.86. The number of piperidine rings is 1. The van der Waals surface area contributed by atoms with E-state index in [-0.39, 0.29) is 17.8 Å². The van der Waals surface area contributed by atoms with Gasteiger partial charge in [0.1, 0.15) is 5.82 Å². The second-order valence-corrected chi connectivity index (χ2v) is 6.86. The fraction of sp³-hybridized carbons (Fsp3) is 0.278. The van der Waals surface area contributed by atoms with Crippen molar-refractivity contribution < 1.29 is 9.18 Å². The van der Waals surface area contributed by atoms with E-state index < -0.39 is 0 Å². The Hall–Kier alpha value is -1.63. The number of hydrogen-bond acceptors (Lipinski definition) is 2. The highest BCUT2D eigenvalue weighted by atomic mass is 127. The summed E-state index contributed by atoms with van der Waals surface area (Å²) in [6, 6.07) is 14.4. The SMILES string of the molecule is O=C(NC1CCN(c2cccc(F)c2)CC1)c1ccccc1I. The Balaban J connectivity index is 1.57. The number of anilines is 1. The molecule has 5 heteroatoms. The van der Waals surface area contributed by atoms with Gasteiger partial charge in [0.05, 0.1) is 5.56 Å². The van der Waals surface area contributed by atoms with Gasteiger partial charge in [-0.05, 0) is 65.8 Å². The second kappa shape index (κ2) is 7.29. The Labute approximate surface area is 149 Å². The van der Waals surface area contributed by atoms with Crippen LogP contribution in [0.25, 0.3) is 0 Å². The van der Waals surface area contributed by atoms with Crippen LogP contribution in [0.2, 0.25) is 0 Å². The van der Waals surface area contributed by atoms with Crippen molar-refractivity contribution in [1.29, 1.82) is 0 Å². The Morgan fingerprint density at radius 1 is 1.13 bits per heavy atom. The molecule has 1 N–H and O–H groups in total. The summed E-state index contributed by atoms with van der Waals surface area (Å²) in [4.78, 5) is 14.5. The molecular weight excluding hydrogens is 406 g/mol. The van der Waals surface area contributed by atoms with Crippen LogP contribution in [-0.2, 0) is 0 Å². The van der Waals surface area contributed by atoms with Crippen molar-refractivity contribution in [2.45, 2.75) is 18.9 Å². The third-order valence-electron chi connectivity index (χ3n) is 4.12. The molecule has 0 spiro atoms. The Morgan fingerprint density at radius 3 is 2.57 bits per heavy atom. The van der Waals surface area contributed by atoms with E-state index in [1.807, 2.05) is 30.3 Å².